The van der Waals surface area contributed by atoms with E-state index in [4.69, 9.17) is 14.3 Å². The average molecular weight is 516 g/mol. The van der Waals surface area contributed by atoms with E-state index in [1.165, 1.54) is 0 Å². The molecule has 194 valence electrons. The van der Waals surface area contributed by atoms with Gasteiger partial charge in [-0.15, -0.1) is 0 Å². The highest BCUT2D eigenvalue weighted by molar-refractivity contribution is 7.20. The Morgan fingerprint density at radius 2 is 2.00 bits per heavy atom. The molecule has 0 saturated carbocycles. The topological polar surface area (TPSA) is 102 Å². The fraction of sp³-hybridized carbons (Fsp3) is 0.407. The molecule has 0 spiro atoms. The molecule has 0 aliphatic carbocycles. The van der Waals surface area contributed by atoms with E-state index >= 15 is 0 Å². The number of ether oxygens (including phenoxy) is 2. The highest BCUT2D eigenvalue weighted by Crippen LogP contribution is 2.38. The first-order chi connectivity index (χ1) is 17.2. The van der Waals surface area contributed by atoms with Gasteiger partial charge in [-0.3, -0.25) is 4.79 Å². The summed E-state index contributed by atoms with van der Waals surface area (Å²) in [6, 6.07) is 6.55. The molecule has 1 N–H and O–H groups in total. The second-order valence-electron chi connectivity index (χ2n) is 8.74. The summed E-state index contributed by atoms with van der Waals surface area (Å²) in [5.41, 5.74) is 5.68. The normalized spacial score (nSPS) is 14.3. The van der Waals surface area contributed by atoms with Gasteiger partial charge in [-0.2, -0.15) is 0 Å². The second-order valence-corrected chi connectivity index (χ2v) is 9.46. The monoisotopic (exact) mass is 515 g/mol. The standard InChI is InChI=1S/C27H34NO7P/c1-6-20-17(4)22-15-34-27(31)24(22)25(29)21(20)13-12-16(3)14-19-10-8-9-11-23(19)35-28(36-32)18(5)26(30)33-7-2/h8-12,18,29H,6-7,13-15,36H2,1-5H3. The predicted molar refractivity (Wildman–Crippen MR) is 138 cm³/mol. The summed E-state index contributed by atoms with van der Waals surface area (Å²) in [6.45, 7) is 9.70. The van der Waals surface area contributed by atoms with Crippen LogP contribution in [0.2, 0.25) is 0 Å². The van der Waals surface area contributed by atoms with Gasteiger partial charge in [0.1, 0.15) is 24.0 Å². The molecule has 2 aromatic carbocycles. The number of carbonyl (C=O) groups is 2. The van der Waals surface area contributed by atoms with Crippen LogP contribution in [0.5, 0.6) is 11.5 Å². The molecule has 1 aliphatic heterocycles. The molecule has 8 nitrogen and oxygen atoms in total. The van der Waals surface area contributed by atoms with Gasteiger partial charge < -0.3 is 24.0 Å². The number of hydrogen-bond donors (Lipinski definition) is 1. The van der Waals surface area contributed by atoms with E-state index in [1.807, 2.05) is 45.0 Å². The van der Waals surface area contributed by atoms with Crippen molar-refractivity contribution in [3.8, 4) is 11.5 Å². The van der Waals surface area contributed by atoms with Crippen LogP contribution in [0, 0.1) is 6.92 Å². The van der Waals surface area contributed by atoms with E-state index in [0.29, 0.717) is 18.6 Å². The third-order valence-corrected chi connectivity index (χ3v) is 7.17. The Balaban J connectivity index is 1.82. The highest BCUT2D eigenvalue weighted by atomic mass is 31.1. The van der Waals surface area contributed by atoms with Crippen LogP contribution in [-0.2, 0) is 44.7 Å². The number of phenolic OH excluding ortho intramolecular Hbond substituents is 1. The summed E-state index contributed by atoms with van der Waals surface area (Å²) < 4.78 is 22.0. The van der Waals surface area contributed by atoms with E-state index in [-0.39, 0.29) is 24.5 Å². The lowest BCUT2D eigenvalue weighted by atomic mass is 9.89. The minimum Gasteiger partial charge on any atom is -0.507 e. The van der Waals surface area contributed by atoms with E-state index in [2.05, 4.69) is 0 Å². The first-order valence-electron chi connectivity index (χ1n) is 12.1. The van der Waals surface area contributed by atoms with Crippen LogP contribution >= 0.6 is 8.61 Å². The molecule has 0 bridgehead atoms. The molecular weight excluding hydrogens is 481 g/mol. The van der Waals surface area contributed by atoms with Crippen molar-refractivity contribution in [2.24, 2.45) is 0 Å². The molecule has 1 heterocycles. The van der Waals surface area contributed by atoms with Crippen molar-refractivity contribution in [3.05, 3.63) is 69.3 Å². The molecule has 0 fully saturated rings. The van der Waals surface area contributed by atoms with Crippen LogP contribution in [0.3, 0.4) is 0 Å². The molecule has 0 aromatic heterocycles. The summed E-state index contributed by atoms with van der Waals surface area (Å²) in [5.74, 6) is -0.486. The van der Waals surface area contributed by atoms with Gasteiger partial charge in [-0.05, 0) is 64.2 Å². The van der Waals surface area contributed by atoms with Crippen LogP contribution in [0.25, 0.3) is 0 Å². The molecule has 3 rings (SSSR count). The number of esters is 2. The fourth-order valence-corrected chi connectivity index (χ4v) is 4.86. The van der Waals surface area contributed by atoms with Gasteiger partial charge in [0, 0.05) is 16.7 Å². The Kier molecular flexibility index (Phi) is 9.35. The summed E-state index contributed by atoms with van der Waals surface area (Å²) in [5, 5.41) is 10.9. The number of rotatable bonds is 11. The maximum Gasteiger partial charge on any atom is 0.342 e. The Labute approximate surface area is 213 Å². The van der Waals surface area contributed by atoms with Crippen molar-refractivity contribution in [2.75, 3.05) is 6.61 Å². The molecule has 1 aliphatic rings. The van der Waals surface area contributed by atoms with Crippen molar-refractivity contribution >= 4 is 20.5 Å². The van der Waals surface area contributed by atoms with Crippen molar-refractivity contribution in [2.45, 2.75) is 66.5 Å². The Morgan fingerprint density at radius 1 is 1.28 bits per heavy atom. The number of carbonyl (C=O) groups excluding carboxylic acids is 2. The Hall–Kier alpha value is -3.09. The van der Waals surface area contributed by atoms with Gasteiger partial charge in [0.15, 0.2) is 14.4 Å². The smallest absolute Gasteiger partial charge is 0.342 e. The molecule has 2 atom stereocenters. The number of para-hydroxylation sites is 1. The second kappa shape index (κ2) is 12.2. The maximum atomic E-state index is 12.2. The SMILES string of the molecule is CCOC(=O)C(C)N(Oc1ccccc1CC(C)=CCc1c(O)c2c(c(C)c1CC)COC2=O)[PH2]=O. The number of allylic oxidation sites excluding steroid dienone is 2. The number of hydroxylamine groups is 1. The Bertz CT molecular complexity index is 1190. The van der Waals surface area contributed by atoms with Crippen molar-refractivity contribution < 1.29 is 33.6 Å². The third kappa shape index (κ3) is 5.82. The van der Waals surface area contributed by atoms with Gasteiger partial charge >= 0.3 is 11.9 Å². The number of nitrogens with zero attached hydrogens (tertiary/aromatic N) is 1. The summed E-state index contributed by atoms with van der Waals surface area (Å²) in [7, 11) is -1.53. The fourth-order valence-electron chi connectivity index (χ4n) is 4.40. The predicted octanol–water partition coefficient (Wildman–Crippen LogP) is 4.88. The molecule has 36 heavy (non-hydrogen) atoms. The number of hydrogen-bond acceptors (Lipinski definition) is 7. The lowest BCUT2D eigenvalue weighted by Gasteiger charge is -2.23. The zero-order chi connectivity index (χ0) is 26.4. The lowest BCUT2D eigenvalue weighted by molar-refractivity contribution is -0.153. The van der Waals surface area contributed by atoms with E-state index < -0.39 is 26.6 Å². The van der Waals surface area contributed by atoms with Gasteiger partial charge in [0.2, 0.25) is 0 Å². The number of benzene rings is 2. The van der Waals surface area contributed by atoms with Gasteiger partial charge in [-0.1, -0.05) is 41.6 Å². The molecular formula is C27H34NO7P. The van der Waals surface area contributed by atoms with E-state index in [9.17, 15) is 19.3 Å². The molecule has 2 aromatic rings. The van der Waals surface area contributed by atoms with Crippen molar-refractivity contribution in [3.63, 3.8) is 0 Å². The quantitative estimate of drug-likeness (QED) is 0.195. The van der Waals surface area contributed by atoms with Crippen LogP contribution in [-0.4, -0.2) is 34.5 Å². The minimum atomic E-state index is -1.53. The molecule has 2 unspecified atom stereocenters. The number of aromatic hydroxyl groups is 1. The average Bonchev–Trinajstić information content (AvgIpc) is 3.26. The number of cyclic esters (lactones) is 1. The maximum absolute atomic E-state index is 12.2. The van der Waals surface area contributed by atoms with E-state index in [1.54, 1.807) is 19.9 Å². The first kappa shape index (κ1) is 27.5. The summed E-state index contributed by atoms with van der Waals surface area (Å²) >= 11 is 0. The van der Waals surface area contributed by atoms with E-state index in [0.717, 1.165) is 44.6 Å². The van der Waals surface area contributed by atoms with Gasteiger partial charge in [0.25, 0.3) is 0 Å². The Morgan fingerprint density at radius 3 is 2.67 bits per heavy atom. The van der Waals surface area contributed by atoms with Gasteiger partial charge in [0.05, 0.1) is 6.61 Å². The van der Waals surface area contributed by atoms with Crippen LogP contribution in [0.4, 0.5) is 0 Å². The van der Waals surface area contributed by atoms with Crippen molar-refractivity contribution in [1.82, 2.24) is 4.83 Å². The summed E-state index contributed by atoms with van der Waals surface area (Å²) in [4.78, 5) is 31.3. The summed E-state index contributed by atoms with van der Waals surface area (Å²) in [6.07, 6.45) is 3.75. The zero-order valence-electron chi connectivity index (χ0n) is 21.4. The molecule has 0 saturated heterocycles. The first-order valence-corrected chi connectivity index (χ1v) is 13.1. The van der Waals surface area contributed by atoms with Crippen molar-refractivity contribution in [1.29, 1.82) is 0 Å². The third-order valence-electron chi connectivity index (χ3n) is 6.41. The largest absolute Gasteiger partial charge is 0.507 e. The van der Waals surface area contributed by atoms with Crippen LogP contribution in [0.1, 0.15) is 65.9 Å². The molecule has 9 heteroatoms. The number of fused-ring (bicyclic) bond motifs is 1. The van der Waals surface area contributed by atoms with Gasteiger partial charge in [-0.25, -0.2) is 4.79 Å². The minimum absolute atomic E-state index is 0.00440. The van der Waals surface area contributed by atoms with Crippen LogP contribution in [0.15, 0.2) is 35.9 Å². The lowest BCUT2D eigenvalue weighted by Crippen LogP contribution is -2.36. The number of phenols is 1. The molecule has 0 radical (unpaired) electrons. The zero-order valence-corrected chi connectivity index (χ0v) is 22.6. The highest BCUT2D eigenvalue weighted by Gasteiger charge is 2.31. The molecule has 0 amide bonds. The van der Waals surface area contributed by atoms with Crippen LogP contribution < -0.4 is 4.84 Å².